The van der Waals surface area contributed by atoms with E-state index in [1.807, 2.05) is 12.1 Å². The number of nitrogens with zero attached hydrogens (tertiary/aromatic N) is 1. The van der Waals surface area contributed by atoms with Gasteiger partial charge in [-0.25, -0.2) is 0 Å². The molecule has 0 saturated carbocycles. The van der Waals surface area contributed by atoms with Gasteiger partial charge in [0.2, 0.25) is 5.91 Å². The van der Waals surface area contributed by atoms with Gasteiger partial charge in [-0.15, -0.1) is 0 Å². The first kappa shape index (κ1) is 23.9. The normalized spacial score (nSPS) is 14.2. The van der Waals surface area contributed by atoms with Crippen LogP contribution >= 0.6 is 0 Å². The van der Waals surface area contributed by atoms with Crippen LogP contribution in [0.2, 0.25) is 0 Å². The lowest BCUT2D eigenvalue weighted by Gasteiger charge is -2.26. The highest BCUT2D eigenvalue weighted by Gasteiger charge is 2.11. The van der Waals surface area contributed by atoms with E-state index in [2.05, 4.69) is 20.9 Å². The van der Waals surface area contributed by atoms with Crippen molar-refractivity contribution in [3.05, 3.63) is 59.7 Å². The van der Waals surface area contributed by atoms with Crippen molar-refractivity contribution in [2.75, 3.05) is 51.1 Å². The second-order valence-electron chi connectivity index (χ2n) is 8.22. The molecule has 2 aromatic carbocycles. The maximum Gasteiger partial charge on any atom is 0.238 e. The number of hydrogen-bond acceptors (Lipinski definition) is 6. The quantitative estimate of drug-likeness (QED) is 0.300. The summed E-state index contributed by atoms with van der Waals surface area (Å²) < 4.78 is 0. The van der Waals surface area contributed by atoms with Gasteiger partial charge in [0.05, 0.1) is 13.1 Å². The lowest BCUT2D eigenvalue weighted by Crippen LogP contribution is -2.37. The van der Waals surface area contributed by atoms with Gasteiger partial charge in [0.1, 0.15) is 5.75 Å². The van der Waals surface area contributed by atoms with E-state index in [0.717, 1.165) is 38.2 Å². The second-order valence-corrected chi connectivity index (χ2v) is 8.22. The van der Waals surface area contributed by atoms with E-state index in [0.29, 0.717) is 24.3 Å². The molecule has 32 heavy (non-hydrogen) atoms. The molecule has 0 radical (unpaired) electrons. The Hall–Kier alpha value is -2.74. The van der Waals surface area contributed by atoms with E-state index < -0.39 is 0 Å². The molecular formula is C25H34N4O3. The van der Waals surface area contributed by atoms with Crippen LogP contribution in [0.3, 0.4) is 0 Å². The number of hydrogen-bond donors (Lipinski definition) is 4. The van der Waals surface area contributed by atoms with Crippen LogP contribution in [0.15, 0.2) is 48.5 Å². The van der Waals surface area contributed by atoms with Crippen molar-refractivity contribution in [2.24, 2.45) is 0 Å². The Labute approximate surface area is 190 Å². The van der Waals surface area contributed by atoms with Crippen LogP contribution in [0, 0.1) is 0 Å². The molecule has 1 heterocycles. The summed E-state index contributed by atoms with van der Waals surface area (Å²) in [5.74, 6) is 0.113. The molecular weight excluding hydrogens is 404 g/mol. The zero-order chi connectivity index (χ0) is 22.6. The highest BCUT2D eigenvalue weighted by Crippen LogP contribution is 2.12. The molecule has 1 fully saturated rings. The molecule has 0 aliphatic carbocycles. The van der Waals surface area contributed by atoms with Gasteiger partial charge < -0.3 is 26.0 Å². The Morgan fingerprint density at radius 2 is 1.66 bits per heavy atom. The first-order valence-electron chi connectivity index (χ1n) is 11.4. The van der Waals surface area contributed by atoms with Crippen molar-refractivity contribution < 1.29 is 14.7 Å². The molecule has 1 amide bonds. The van der Waals surface area contributed by atoms with Crippen molar-refractivity contribution in [1.29, 1.82) is 0 Å². The average Bonchev–Trinajstić information content (AvgIpc) is 2.81. The van der Waals surface area contributed by atoms with Crippen molar-refractivity contribution >= 4 is 17.4 Å². The van der Waals surface area contributed by atoms with Crippen molar-refractivity contribution in [3.63, 3.8) is 0 Å². The fraction of sp³-hybridized carbons (Fsp3) is 0.440. The molecule has 1 saturated heterocycles. The third kappa shape index (κ3) is 8.42. The number of phenols is 1. The van der Waals surface area contributed by atoms with E-state index in [-0.39, 0.29) is 24.0 Å². The van der Waals surface area contributed by atoms with Gasteiger partial charge >= 0.3 is 0 Å². The average molecular weight is 439 g/mol. The molecule has 7 nitrogen and oxygen atoms in total. The summed E-state index contributed by atoms with van der Waals surface area (Å²) in [5.41, 5.74) is 2.30. The van der Waals surface area contributed by atoms with Gasteiger partial charge in [-0.2, -0.15) is 0 Å². The van der Waals surface area contributed by atoms with Gasteiger partial charge in [0.15, 0.2) is 5.78 Å². The molecule has 0 bridgehead atoms. The van der Waals surface area contributed by atoms with Gasteiger partial charge in [0, 0.05) is 24.3 Å². The molecule has 0 aromatic heterocycles. The van der Waals surface area contributed by atoms with E-state index >= 15 is 0 Å². The molecule has 1 aliphatic heterocycles. The van der Waals surface area contributed by atoms with Gasteiger partial charge in [-0.05, 0) is 68.7 Å². The Kier molecular flexibility index (Phi) is 9.68. The first-order chi connectivity index (χ1) is 15.6. The van der Waals surface area contributed by atoms with Crippen LogP contribution in [0.5, 0.6) is 5.75 Å². The predicted molar refractivity (Wildman–Crippen MR) is 127 cm³/mol. The zero-order valence-electron chi connectivity index (χ0n) is 18.6. The van der Waals surface area contributed by atoms with Crippen LogP contribution in [0.4, 0.5) is 5.69 Å². The topological polar surface area (TPSA) is 93.7 Å². The monoisotopic (exact) mass is 438 g/mol. The SMILES string of the molecule is O=C(CNCCc1ccc(O)cc1)Nc1cccc(C(=O)CNCCN2CCCCC2)c1. The number of phenolic OH excluding ortho intramolecular Hbond substituents is 1. The van der Waals surface area contributed by atoms with E-state index in [9.17, 15) is 14.7 Å². The minimum Gasteiger partial charge on any atom is -0.508 e. The fourth-order valence-electron chi connectivity index (χ4n) is 3.80. The molecule has 7 heteroatoms. The number of benzene rings is 2. The summed E-state index contributed by atoms with van der Waals surface area (Å²) in [7, 11) is 0. The number of carbonyl (C=O) groups is 2. The Morgan fingerprint density at radius 3 is 2.44 bits per heavy atom. The van der Waals surface area contributed by atoms with E-state index in [1.165, 1.54) is 19.3 Å². The number of likely N-dealkylation sites (tertiary alicyclic amines) is 1. The number of nitrogens with one attached hydrogen (secondary N) is 3. The van der Waals surface area contributed by atoms with Crippen LogP contribution in [0.1, 0.15) is 35.2 Å². The number of Topliss-reactive ketones (excluding diaryl/α,β-unsaturated/α-hetero) is 1. The molecule has 1 aliphatic rings. The summed E-state index contributed by atoms with van der Waals surface area (Å²) in [6.45, 7) is 5.23. The van der Waals surface area contributed by atoms with Crippen LogP contribution in [-0.2, 0) is 11.2 Å². The minimum atomic E-state index is -0.153. The maximum atomic E-state index is 12.5. The van der Waals surface area contributed by atoms with Crippen molar-refractivity contribution in [2.45, 2.75) is 25.7 Å². The Morgan fingerprint density at radius 1 is 0.906 bits per heavy atom. The standard InChI is InChI=1S/C25H34N4O3/c30-23-9-7-20(8-10-23)11-12-26-19-25(32)28-22-6-4-5-21(17-22)24(31)18-27-13-16-29-14-2-1-3-15-29/h4-10,17,26-27,30H,1-3,11-16,18-19H2,(H,28,32). The second kappa shape index (κ2) is 13.0. The zero-order valence-corrected chi connectivity index (χ0v) is 18.6. The molecule has 0 spiro atoms. The van der Waals surface area contributed by atoms with Crippen LogP contribution in [0.25, 0.3) is 0 Å². The molecule has 3 rings (SSSR count). The van der Waals surface area contributed by atoms with Crippen LogP contribution < -0.4 is 16.0 Å². The predicted octanol–water partition coefficient (Wildman–Crippen LogP) is 2.42. The summed E-state index contributed by atoms with van der Waals surface area (Å²) in [6.07, 6.45) is 4.63. The summed E-state index contributed by atoms with van der Waals surface area (Å²) in [6, 6.07) is 14.1. The van der Waals surface area contributed by atoms with E-state index in [1.54, 1.807) is 36.4 Å². The van der Waals surface area contributed by atoms with Crippen LogP contribution in [-0.4, -0.2) is 67.5 Å². The van der Waals surface area contributed by atoms with Crippen molar-refractivity contribution in [1.82, 2.24) is 15.5 Å². The smallest absolute Gasteiger partial charge is 0.238 e. The Bertz CT molecular complexity index is 864. The minimum absolute atomic E-state index is 0.0202. The van der Waals surface area contributed by atoms with Gasteiger partial charge in [-0.1, -0.05) is 30.7 Å². The highest BCUT2D eigenvalue weighted by molar-refractivity contribution is 5.99. The lowest BCUT2D eigenvalue weighted by atomic mass is 10.1. The summed E-state index contributed by atoms with van der Waals surface area (Å²) in [4.78, 5) is 27.1. The largest absolute Gasteiger partial charge is 0.508 e. The lowest BCUT2D eigenvalue weighted by molar-refractivity contribution is -0.115. The van der Waals surface area contributed by atoms with Gasteiger partial charge in [0.25, 0.3) is 0 Å². The number of amides is 1. The molecule has 172 valence electrons. The third-order valence-corrected chi connectivity index (χ3v) is 5.62. The number of anilines is 1. The summed E-state index contributed by atoms with van der Waals surface area (Å²) in [5, 5.41) is 18.5. The maximum absolute atomic E-state index is 12.5. The molecule has 4 N–H and O–H groups in total. The Balaban J connectivity index is 1.34. The number of aromatic hydroxyl groups is 1. The number of carbonyl (C=O) groups excluding carboxylic acids is 2. The fourth-order valence-corrected chi connectivity index (χ4v) is 3.80. The number of rotatable bonds is 12. The highest BCUT2D eigenvalue weighted by atomic mass is 16.3. The third-order valence-electron chi connectivity index (χ3n) is 5.62. The molecule has 2 aromatic rings. The van der Waals surface area contributed by atoms with E-state index in [4.69, 9.17) is 0 Å². The number of ketones is 1. The molecule has 0 atom stereocenters. The van der Waals surface area contributed by atoms with Gasteiger partial charge in [-0.3, -0.25) is 9.59 Å². The first-order valence-corrected chi connectivity index (χ1v) is 11.4. The van der Waals surface area contributed by atoms with Crippen molar-refractivity contribution in [3.8, 4) is 5.75 Å². The molecule has 0 unspecified atom stereocenters. The number of piperidine rings is 1. The summed E-state index contributed by atoms with van der Waals surface area (Å²) >= 11 is 0.